The van der Waals surface area contributed by atoms with Gasteiger partial charge in [0.2, 0.25) is 0 Å². The second kappa shape index (κ2) is 7.35. The second-order valence-corrected chi connectivity index (χ2v) is 5.49. The Hall–Kier alpha value is -3.55. The minimum atomic E-state index is -0.288. The van der Waals surface area contributed by atoms with Crippen molar-refractivity contribution in [3.8, 4) is 5.69 Å². The van der Waals surface area contributed by atoms with Crippen molar-refractivity contribution in [2.24, 2.45) is 5.10 Å². The van der Waals surface area contributed by atoms with Gasteiger partial charge in [-0.3, -0.25) is 4.79 Å². The highest BCUT2D eigenvalue weighted by Gasteiger charge is 2.05. The zero-order valence-electron chi connectivity index (χ0n) is 13.9. The molecule has 0 saturated heterocycles. The van der Waals surface area contributed by atoms with Gasteiger partial charge >= 0.3 is 0 Å². The number of carbonyl (C=O) groups is 1. The largest absolute Gasteiger partial charge is 0.378 e. The molecule has 8 nitrogen and oxygen atoms in total. The van der Waals surface area contributed by atoms with Gasteiger partial charge in [0.05, 0.1) is 11.9 Å². The lowest BCUT2D eigenvalue weighted by atomic mass is 10.2. The van der Waals surface area contributed by atoms with Gasteiger partial charge in [0.15, 0.2) is 0 Å². The van der Waals surface area contributed by atoms with Crippen molar-refractivity contribution in [3.05, 3.63) is 66.0 Å². The third-order valence-electron chi connectivity index (χ3n) is 3.53. The third-order valence-corrected chi connectivity index (χ3v) is 3.53. The van der Waals surface area contributed by atoms with Gasteiger partial charge in [0.25, 0.3) is 5.91 Å². The molecule has 0 fully saturated rings. The minimum absolute atomic E-state index is 0.288. The van der Waals surface area contributed by atoms with Crippen LogP contribution in [-0.2, 0) is 0 Å². The van der Waals surface area contributed by atoms with Crippen molar-refractivity contribution in [2.45, 2.75) is 0 Å². The van der Waals surface area contributed by atoms with Crippen LogP contribution in [-0.4, -0.2) is 46.4 Å². The number of tetrazole rings is 1. The summed E-state index contributed by atoms with van der Waals surface area (Å²) in [5.41, 5.74) is 5.78. The Morgan fingerprint density at radius 1 is 1.12 bits per heavy atom. The van der Waals surface area contributed by atoms with E-state index in [4.69, 9.17) is 0 Å². The fourth-order valence-electron chi connectivity index (χ4n) is 2.13. The molecule has 25 heavy (non-hydrogen) atoms. The summed E-state index contributed by atoms with van der Waals surface area (Å²) < 4.78 is 1.51. The topological polar surface area (TPSA) is 88.3 Å². The van der Waals surface area contributed by atoms with E-state index in [-0.39, 0.29) is 5.91 Å². The van der Waals surface area contributed by atoms with E-state index < -0.39 is 0 Å². The molecule has 0 atom stereocenters. The number of nitrogens with zero attached hydrogens (tertiary/aromatic N) is 6. The Bertz CT molecular complexity index is 853. The van der Waals surface area contributed by atoms with Crippen LogP contribution in [0.4, 0.5) is 5.69 Å². The monoisotopic (exact) mass is 335 g/mol. The third kappa shape index (κ3) is 4.05. The van der Waals surface area contributed by atoms with Gasteiger partial charge in [0, 0.05) is 25.3 Å². The highest BCUT2D eigenvalue weighted by molar-refractivity contribution is 5.95. The number of benzene rings is 2. The van der Waals surface area contributed by atoms with Crippen LogP contribution in [0.2, 0.25) is 0 Å². The van der Waals surface area contributed by atoms with Crippen molar-refractivity contribution < 1.29 is 4.79 Å². The molecule has 0 aliphatic carbocycles. The van der Waals surface area contributed by atoms with E-state index in [1.54, 1.807) is 30.5 Å². The predicted octanol–water partition coefficient (Wildman–Crippen LogP) is 1.49. The van der Waals surface area contributed by atoms with Gasteiger partial charge in [-0.05, 0) is 52.4 Å². The second-order valence-electron chi connectivity index (χ2n) is 5.49. The van der Waals surface area contributed by atoms with Crippen LogP contribution in [0.15, 0.2) is 60.0 Å². The summed E-state index contributed by atoms with van der Waals surface area (Å²) in [6.07, 6.45) is 3.09. The average Bonchev–Trinajstić information content (AvgIpc) is 3.17. The molecule has 0 radical (unpaired) electrons. The van der Waals surface area contributed by atoms with Crippen molar-refractivity contribution in [3.63, 3.8) is 0 Å². The number of nitrogens with one attached hydrogen (secondary N) is 1. The average molecular weight is 335 g/mol. The molecular formula is C17H17N7O. The first kappa shape index (κ1) is 16.3. The Morgan fingerprint density at radius 2 is 1.84 bits per heavy atom. The first-order chi connectivity index (χ1) is 12.1. The van der Waals surface area contributed by atoms with Crippen LogP contribution < -0.4 is 10.3 Å². The predicted molar refractivity (Wildman–Crippen MR) is 95.0 cm³/mol. The molecule has 0 aliphatic rings. The van der Waals surface area contributed by atoms with E-state index in [9.17, 15) is 4.79 Å². The standard InChI is InChI=1S/C17H17N7O/c1-23(2)15-7-3-13(4-8-15)11-18-20-17(25)14-5-9-16(10-6-14)24-12-19-21-22-24/h3-12H,1-2H3,(H,20,25)/b18-11+. The zero-order chi connectivity index (χ0) is 17.6. The number of amides is 1. The lowest BCUT2D eigenvalue weighted by molar-refractivity contribution is 0.0955. The van der Waals surface area contributed by atoms with Crippen LogP contribution in [0.3, 0.4) is 0 Å². The van der Waals surface area contributed by atoms with E-state index in [2.05, 4.69) is 26.1 Å². The van der Waals surface area contributed by atoms with Gasteiger partial charge in [-0.25, -0.2) is 10.1 Å². The van der Waals surface area contributed by atoms with Gasteiger partial charge < -0.3 is 4.90 Å². The fraction of sp³-hybridized carbons (Fsp3) is 0.118. The summed E-state index contributed by atoms with van der Waals surface area (Å²) in [7, 11) is 3.96. The summed E-state index contributed by atoms with van der Waals surface area (Å²) in [4.78, 5) is 14.1. The molecule has 8 heteroatoms. The van der Waals surface area contributed by atoms with Crippen molar-refractivity contribution in [1.82, 2.24) is 25.6 Å². The lowest BCUT2D eigenvalue weighted by Gasteiger charge is -2.11. The van der Waals surface area contributed by atoms with Crippen LogP contribution in [0.25, 0.3) is 5.69 Å². The first-order valence-corrected chi connectivity index (χ1v) is 7.58. The van der Waals surface area contributed by atoms with E-state index in [0.29, 0.717) is 5.56 Å². The molecule has 1 amide bonds. The lowest BCUT2D eigenvalue weighted by Crippen LogP contribution is -2.17. The molecule has 3 rings (SSSR count). The van der Waals surface area contributed by atoms with Crippen LogP contribution in [0.5, 0.6) is 0 Å². The highest BCUT2D eigenvalue weighted by atomic mass is 16.2. The highest BCUT2D eigenvalue weighted by Crippen LogP contribution is 2.11. The number of anilines is 1. The summed E-state index contributed by atoms with van der Waals surface area (Å²) in [5, 5.41) is 14.9. The van der Waals surface area contributed by atoms with E-state index >= 15 is 0 Å². The molecule has 2 aromatic carbocycles. The summed E-state index contributed by atoms with van der Waals surface area (Å²) in [6.45, 7) is 0. The number of aromatic nitrogens is 4. The summed E-state index contributed by atoms with van der Waals surface area (Å²) >= 11 is 0. The molecule has 1 N–H and O–H groups in total. The smallest absolute Gasteiger partial charge is 0.271 e. The number of hydrogen-bond donors (Lipinski definition) is 1. The SMILES string of the molecule is CN(C)c1ccc(/C=N/NC(=O)c2ccc(-n3cnnn3)cc2)cc1. The molecule has 1 aromatic heterocycles. The molecule has 0 unspecified atom stereocenters. The van der Waals surface area contributed by atoms with E-state index in [1.807, 2.05) is 43.3 Å². The van der Waals surface area contributed by atoms with E-state index in [0.717, 1.165) is 16.9 Å². The van der Waals surface area contributed by atoms with Crippen LogP contribution >= 0.6 is 0 Å². The normalized spacial score (nSPS) is 10.8. The number of hydrogen-bond acceptors (Lipinski definition) is 6. The minimum Gasteiger partial charge on any atom is -0.378 e. The fourth-order valence-corrected chi connectivity index (χ4v) is 2.13. The Kier molecular flexibility index (Phi) is 4.79. The quantitative estimate of drug-likeness (QED) is 0.564. The Morgan fingerprint density at radius 3 is 2.44 bits per heavy atom. The van der Waals surface area contributed by atoms with E-state index in [1.165, 1.54) is 11.0 Å². The first-order valence-electron chi connectivity index (χ1n) is 7.58. The zero-order valence-corrected chi connectivity index (χ0v) is 13.9. The number of hydrazone groups is 1. The molecular weight excluding hydrogens is 318 g/mol. The van der Waals surface area contributed by atoms with Gasteiger partial charge in [-0.15, -0.1) is 5.10 Å². The van der Waals surface area contributed by atoms with Gasteiger partial charge in [0.1, 0.15) is 6.33 Å². The molecule has 0 spiro atoms. The maximum absolute atomic E-state index is 12.1. The molecule has 0 bridgehead atoms. The number of carbonyl (C=O) groups excluding carboxylic acids is 1. The van der Waals surface area contributed by atoms with Gasteiger partial charge in [-0.1, -0.05) is 12.1 Å². The molecule has 3 aromatic rings. The molecule has 0 saturated carbocycles. The maximum atomic E-state index is 12.1. The van der Waals surface area contributed by atoms with Gasteiger partial charge in [-0.2, -0.15) is 5.10 Å². The Balaban J connectivity index is 1.60. The summed E-state index contributed by atoms with van der Waals surface area (Å²) in [5.74, 6) is -0.288. The molecule has 0 aliphatic heterocycles. The van der Waals surface area contributed by atoms with Crippen LogP contribution in [0, 0.1) is 0 Å². The number of rotatable bonds is 5. The summed E-state index contributed by atoms with van der Waals surface area (Å²) in [6, 6.07) is 14.7. The molecule has 1 heterocycles. The molecule has 126 valence electrons. The maximum Gasteiger partial charge on any atom is 0.271 e. The van der Waals surface area contributed by atoms with Crippen molar-refractivity contribution in [2.75, 3.05) is 19.0 Å². The van der Waals surface area contributed by atoms with Crippen molar-refractivity contribution in [1.29, 1.82) is 0 Å². The van der Waals surface area contributed by atoms with Crippen molar-refractivity contribution >= 4 is 17.8 Å². The Labute approximate surface area is 144 Å². The van der Waals surface area contributed by atoms with Crippen LogP contribution in [0.1, 0.15) is 15.9 Å².